The summed E-state index contributed by atoms with van der Waals surface area (Å²) in [4.78, 5) is 35.7. The molecule has 2 amide bonds. The highest BCUT2D eigenvalue weighted by molar-refractivity contribution is 6.09. The molecule has 0 radical (unpaired) electrons. The highest BCUT2D eigenvalue weighted by atomic mass is 16.4. The largest absolute Gasteiger partial charge is 0.478 e. The topological polar surface area (TPSA) is 131 Å². The Balaban J connectivity index is 1.75. The maximum Gasteiger partial charge on any atom is 0.339 e. The third-order valence-corrected chi connectivity index (χ3v) is 3.60. The summed E-state index contributed by atoms with van der Waals surface area (Å²) in [7, 11) is 3.23. The van der Waals surface area contributed by atoms with Crippen molar-refractivity contribution >= 4 is 29.2 Å². The number of nitrogens with one attached hydrogen (secondary N) is 2. The minimum absolute atomic E-state index is 0.199. The monoisotopic (exact) mass is 368 g/mol. The molecule has 0 aliphatic carbocycles. The predicted molar refractivity (Wildman–Crippen MR) is 95.7 cm³/mol. The molecule has 0 saturated carbocycles. The first-order valence-corrected chi connectivity index (χ1v) is 7.83. The zero-order valence-corrected chi connectivity index (χ0v) is 14.5. The van der Waals surface area contributed by atoms with Crippen molar-refractivity contribution in [3.8, 4) is 0 Å². The van der Waals surface area contributed by atoms with Gasteiger partial charge >= 0.3 is 5.97 Å². The van der Waals surface area contributed by atoms with Crippen molar-refractivity contribution in [2.45, 2.75) is 0 Å². The highest BCUT2D eigenvalue weighted by Gasteiger charge is 2.21. The highest BCUT2D eigenvalue weighted by Crippen LogP contribution is 2.17. The number of amides is 2. The normalized spacial score (nSPS) is 10.4. The van der Waals surface area contributed by atoms with Crippen LogP contribution in [0.4, 0.5) is 11.4 Å². The molecule has 0 unspecified atom stereocenters. The summed E-state index contributed by atoms with van der Waals surface area (Å²) in [6.45, 7) is 0. The van der Waals surface area contributed by atoms with Gasteiger partial charge in [0.15, 0.2) is 11.4 Å². The van der Waals surface area contributed by atoms with Crippen LogP contribution in [0.5, 0.6) is 0 Å². The second-order valence-electron chi connectivity index (χ2n) is 5.73. The Morgan fingerprint density at radius 3 is 2.22 bits per heavy atom. The van der Waals surface area contributed by atoms with Gasteiger partial charge < -0.3 is 15.7 Å². The van der Waals surface area contributed by atoms with Crippen molar-refractivity contribution in [1.29, 1.82) is 0 Å². The van der Waals surface area contributed by atoms with E-state index < -0.39 is 17.8 Å². The Hall–Kier alpha value is -3.95. The lowest BCUT2D eigenvalue weighted by Crippen LogP contribution is -2.17. The first-order valence-electron chi connectivity index (χ1n) is 7.83. The van der Waals surface area contributed by atoms with E-state index in [2.05, 4.69) is 20.8 Å². The van der Waals surface area contributed by atoms with Crippen LogP contribution in [0.15, 0.2) is 42.7 Å². The summed E-state index contributed by atoms with van der Waals surface area (Å²) < 4.78 is 2.76. The lowest BCUT2D eigenvalue weighted by molar-refractivity contribution is 0.0692. The van der Waals surface area contributed by atoms with E-state index in [1.165, 1.54) is 22.6 Å². The second kappa shape index (κ2) is 7.12. The van der Waals surface area contributed by atoms with Gasteiger partial charge in [0.25, 0.3) is 11.8 Å². The number of aromatic carboxylic acids is 1. The van der Waals surface area contributed by atoms with Crippen LogP contribution in [-0.2, 0) is 14.1 Å². The SMILES string of the molecule is Cn1ccc(C(=O)Nc2cccc(NC(=O)c3nn(C)cc3C(=O)O)c2)n1. The van der Waals surface area contributed by atoms with Crippen molar-refractivity contribution < 1.29 is 19.5 Å². The number of hydrogen-bond acceptors (Lipinski definition) is 5. The second-order valence-corrected chi connectivity index (χ2v) is 5.73. The van der Waals surface area contributed by atoms with E-state index in [-0.39, 0.29) is 17.0 Å². The number of carboxylic acids is 1. The molecule has 3 rings (SSSR count). The maximum absolute atomic E-state index is 12.4. The molecule has 0 aliphatic heterocycles. The van der Waals surface area contributed by atoms with E-state index in [1.54, 1.807) is 43.6 Å². The van der Waals surface area contributed by atoms with Crippen LogP contribution in [0.3, 0.4) is 0 Å². The smallest absolute Gasteiger partial charge is 0.339 e. The fourth-order valence-electron chi connectivity index (χ4n) is 2.41. The fourth-order valence-corrected chi connectivity index (χ4v) is 2.41. The van der Waals surface area contributed by atoms with Gasteiger partial charge in [-0.05, 0) is 24.3 Å². The quantitative estimate of drug-likeness (QED) is 0.623. The van der Waals surface area contributed by atoms with Crippen LogP contribution in [0, 0.1) is 0 Å². The molecule has 27 heavy (non-hydrogen) atoms. The van der Waals surface area contributed by atoms with Gasteiger partial charge in [-0.15, -0.1) is 0 Å². The van der Waals surface area contributed by atoms with Gasteiger partial charge in [-0.3, -0.25) is 19.0 Å². The molecule has 2 heterocycles. The van der Waals surface area contributed by atoms with Gasteiger partial charge in [-0.1, -0.05) is 6.07 Å². The van der Waals surface area contributed by atoms with Gasteiger partial charge in [0.05, 0.1) is 0 Å². The van der Waals surface area contributed by atoms with Crippen LogP contribution in [0.1, 0.15) is 31.3 Å². The number of rotatable bonds is 5. The molecular weight excluding hydrogens is 352 g/mol. The molecule has 0 atom stereocenters. The third-order valence-electron chi connectivity index (χ3n) is 3.60. The van der Waals surface area contributed by atoms with Gasteiger partial charge in [0, 0.05) is 37.9 Å². The Morgan fingerprint density at radius 2 is 1.63 bits per heavy atom. The van der Waals surface area contributed by atoms with Gasteiger partial charge in [-0.2, -0.15) is 10.2 Å². The molecule has 0 spiro atoms. The van der Waals surface area contributed by atoms with E-state index in [0.717, 1.165) is 0 Å². The average molecular weight is 368 g/mol. The molecule has 3 N–H and O–H groups in total. The van der Waals surface area contributed by atoms with Gasteiger partial charge in [0.2, 0.25) is 0 Å². The molecule has 138 valence electrons. The van der Waals surface area contributed by atoms with E-state index in [1.807, 2.05) is 0 Å². The molecule has 10 heteroatoms. The van der Waals surface area contributed by atoms with Crippen molar-refractivity contribution in [1.82, 2.24) is 19.6 Å². The van der Waals surface area contributed by atoms with Crippen LogP contribution in [0.25, 0.3) is 0 Å². The summed E-state index contributed by atoms with van der Waals surface area (Å²) >= 11 is 0. The van der Waals surface area contributed by atoms with E-state index in [9.17, 15) is 14.4 Å². The molecule has 2 aromatic heterocycles. The molecule has 10 nitrogen and oxygen atoms in total. The first kappa shape index (κ1) is 17.9. The Morgan fingerprint density at radius 1 is 0.963 bits per heavy atom. The number of carbonyl (C=O) groups excluding carboxylic acids is 2. The summed E-state index contributed by atoms with van der Waals surface area (Å²) in [5.41, 5.74) is 0.679. The Labute approximate surface area is 153 Å². The molecule has 0 bridgehead atoms. The molecule has 0 fully saturated rings. The van der Waals surface area contributed by atoms with Crippen molar-refractivity contribution in [3.05, 3.63) is 59.7 Å². The molecule has 0 aliphatic rings. The number of benzene rings is 1. The number of carboxylic acid groups (broad SMARTS) is 1. The first-order chi connectivity index (χ1) is 12.8. The van der Waals surface area contributed by atoms with E-state index in [0.29, 0.717) is 11.4 Å². The number of hydrogen-bond donors (Lipinski definition) is 3. The molecular formula is C17H16N6O4. The summed E-state index contributed by atoms with van der Waals surface area (Å²) in [5, 5.41) is 22.3. The zero-order chi connectivity index (χ0) is 19.6. The maximum atomic E-state index is 12.4. The number of anilines is 2. The summed E-state index contributed by atoms with van der Waals surface area (Å²) in [6, 6.07) is 8.02. The van der Waals surface area contributed by atoms with Crippen LogP contribution in [0.2, 0.25) is 0 Å². The summed E-state index contributed by atoms with van der Waals surface area (Å²) in [5.74, 6) is -2.30. The standard InChI is InChI=1S/C17H16N6O4/c1-22-7-6-13(20-22)15(24)18-10-4-3-5-11(8-10)19-16(25)14-12(17(26)27)9-23(2)21-14/h3-9H,1-2H3,(H,18,24)(H,19,25)(H,26,27). The summed E-state index contributed by atoms with van der Waals surface area (Å²) in [6.07, 6.45) is 2.90. The lowest BCUT2D eigenvalue weighted by atomic mass is 10.2. The van der Waals surface area contributed by atoms with Crippen LogP contribution in [-0.4, -0.2) is 42.5 Å². The van der Waals surface area contributed by atoms with Crippen LogP contribution >= 0.6 is 0 Å². The van der Waals surface area contributed by atoms with Crippen molar-refractivity contribution in [3.63, 3.8) is 0 Å². The number of aromatic nitrogens is 4. The van der Waals surface area contributed by atoms with E-state index >= 15 is 0 Å². The lowest BCUT2D eigenvalue weighted by Gasteiger charge is -2.08. The molecule has 0 saturated heterocycles. The third kappa shape index (κ3) is 4.00. The number of aryl methyl sites for hydroxylation is 2. The minimum atomic E-state index is -1.25. The fraction of sp³-hybridized carbons (Fsp3) is 0.118. The van der Waals surface area contributed by atoms with Crippen molar-refractivity contribution in [2.24, 2.45) is 14.1 Å². The Kier molecular flexibility index (Phi) is 4.71. The predicted octanol–water partition coefficient (Wildman–Crippen LogP) is 1.36. The molecule has 1 aromatic carbocycles. The van der Waals surface area contributed by atoms with E-state index in [4.69, 9.17) is 5.11 Å². The van der Waals surface area contributed by atoms with Crippen LogP contribution < -0.4 is 10.6 Å². The number of nitrogens with zero attached hydrogens (tertiary/aromatic N) is 4. The average Bonchev–Trinajstić information content (AvgIpc) is 3.21. The Bertz CT molecular complexity index is 1040. The van der Waals surface area contributed by atoms with Gasteiger partial charge in [0.1, 0.15) is 5.56 Å². The van der Waals surface area contributed by atoms with Gasteiger partial charge in [-0.25, -0.2) is 4.79 Å². The molecule has 3 aromatic rings. The minimum Gasteiger partial charge on any atom is -0.478 e. The van der Waals surface area contributed by atoms with Crippen molar-refractivity contribution in [2.75, 3.05) is 10.6 Å². The number of carbonyl (C=O) groups is 3. The zero-order valence-electron chi connectivity index (χ0n) is 14.5.